The van der Waals surface area contributed by atoms with Crippen LogP contribution in [0.15, 0.2) is 22.9 Å². The maximum absolute atomic E-state index is 12.4. The van der Waals surface area contributed by atoms with Crippen LogP contribution in [0.25, 0.3) is 22.2 Å². The predicted molar refractivity (Wildman–Crippen MR) is 145 cm³/mol. The van der Waals surface area contributed by atoms with Gasteiger partial charge in [0.05, 0.1) is 29.0 Å². The van der Waals surface area contributed by atoms with E-state index in [2.05, 4.69) is 31.7 Å². The zero-order valence-electron chi connectivity index (χ0n) is 22.3. The number of aromatic nitrogens is 4. The summed E-state index contributed by atoms with van der Waals surface area (Å²) >= 11 is 3.72. The van der Waals surface area contributed by atoms with E-state index in [1.807, 2.05) is 50.8 Å². The van der Waals surface area contributed by atoms with Crippen LogP contribution in [-0.2, 0) is 16.5 Å². The van der Waals surface area contributed by atoms with Crippen molar-refractivity contribution in [3.63, 3.8) is 0 Å². The van der Waals surface area contributed by atoms with Crippen molar-refractivity contribution in [3.8, 4) is 17.3 Å². The quantitative estimate of drug-likeness (QED) is 0.383. The van der Waals surface area contributed by atoms with Gasteiger partial charge in [0.25, 0.3) is 0 Å². The molecule has 2 saturated heterocycles. The summed E-state index contributed by atoms with van der Waals surface area (Å²) in [5.74, 6) is 1.34. The third-order valence-corrected chi connectivity index (χ3v) is 8.60. The zero-order chi connectivity index (χ0) is 26.8. The van der Waals surface area contributed by atoms with Crippen LogP contribution in [0.4, 0.5) is 4.79 Å². The maximum Gasteiger partial charge on any atom is 0.410 e. The second-order valence-electron chi connectivity index (χ2n) is 12.1. The van der Waals surface area contributed by atoms with Crippen molar-refractivity contribution < 1.29 is 14.3 Å². The number of fused-ring (bicyclic) bond motifs is 1. The molecule has 200 valence electrons. The van der Waals surface area contributed by atoms with Crippen molar-refractivity contribution in [1.82, 2.24) is 24.2 Å². The molecule has 38 heavy (non-hydrogen) atoms. The Kier molecular flexibility index (Phi) is 6.07. The lowest BCUT2D eigenvalue weighted by atomic mass is 9.57. The van der Waals surface area contributed by atoms with E-state index in [-0.39, 0.29) is 17.7 Å². The van der Waals surface area contributed by atoms with Crippen LogP contribution in [0.2, 0.25) is 0 Å². The molecule has 2 aromatic heterocycles. The van der Waals surface area contributed by atoms with E-state index in [0.29, 0.717) is 11.5 Å². The highest BCUT2D eigenvalue weighted by Gasteiger charge is 2.55. The number of likely N-dealkylation sites (tertiary alicyclic amines) is 1. The van der Waals surface area contributed by atoms with E-state index >= 15 is 0 Å². The van der Waals surface area contributed by atoms with Gasteiger partial charge in [-0.2, -0.15) is 10.4 Å². The van der Waals surface area contributed by atoms with Gasteiger partial charge in [0.2, 0.25) is 0 Å². The Morgan fingerprint density at radius 2 is 2.03 bits per heavy atom. The minimum atomic E-state index is -0.480. The first-order chi connectivity index (χ1) is 18.1. The molecule has 1 aliphatic carbocycles. The fraction of sp³-hybridized carbons (Fsp3) is 0.571. The van der Waals surface area contributed by atoms with Crippen molar-refractivity contribution in [1.29, 1.82) is 5.26 Å². The Hall–Kier alpha value is -2.90. The van der Waals surface area contributed by atoms with Crippen LogP contribution in [0.3, 0.4) is 0 Å². The summed E-state index contributed by atoms with van der Waals surface area (Å²) in [7, 11) is 2.04. The average molecular weight is 582 g/mol. The lowest BCUT2D eigenvalue weighted by Gasteiger charge is -2.58. The first kappa shape index (κ1) is 25.4. The largest absolute Gasteiger partial charge is 0.444 e. The number of nitrogens with zero attached hydrogens (tertiary/aromatic N) is 6. The second-order valence-corrected chi connectivity index (χ2v) is 12.8. The van der Waals surface area contributed by atoms with Crippen molar-refractivity contribution in [2.45, 2.75) is 70.6 Å². The summed E-state index contributed by atoms with van der Waals surface area (Å²) in [5.41, 5.74) is 3.04. The fourth-order valence-corrected chi connectivity index (χ4v) is 7.00. The smallest absolute Gasteiger partial charge is 0.410 e. The van der Waals surface area contributed by atoms with Crippen molar-refractivity contribution >= 4 is 32.9 Å². The summed E-state index contributed by atoms with van der Waals surface area (Å²) in [5, 5.41) is 15.5. The van der Waals surface area contributed by atoms with Gasteiger partial charge < -0.3 is 18.9 Å². The summed E-state index contributed by atoms with van der Waals surface area (Å²) in [6.07, 6.45) is 6.61. The van der Waals surface area contributed by atoms with E-state index < -0.39 is 5.60 Å². The van der Waals surface area contributed by atoms with Crippen LogP contribution in [0, 0.1) is 16.7 Å². The number of amides is 1. The summed E-state index contributed by atoms with van der Waals surface area (Å²) < 4.78 is 16.4. The molecule has 9 nitrogen and oxygen atoms in total. The third-order valence-electron chi connectivity index (χ3n) is 8.04. The van der Waals surface area contributed by atoms with E-state index in [9.17, 15) is 10.1 Å². The number of hydrogen-bond donors (Lipinski definition) is 0. The standard InChI is InChI=1S/C28H33BrN6O3/c1-27(2,3)38-26(36)34-15-28(16-34)11-18(12-28)25-32-24(29)23(33(25)4)19-9-17(13-30)10-21-20(19)14-31-35(21)22-7-5-6-8-37-22/h9-10,14,18,22H,5-8,11-12,15-16H2,1-4H3. The maximum atomic E-state index is 12.4. The Labute approximate surface area is 230 Å². The van der Waals surface area contributed by atoms with Crippen LogP contribution < -0.4 is 0 Å². The van der Waals surface area contributed by atoms with E-state index in [1.54, 1.807) is 4.90 Å². The van der Waals surface area contributed by atoms with Gasteiger partial charge >= 0.3 is 6.09 Å². The number of halogens is 1. The molecule has 3 fully saturated rings. The average Bonchev–Trinajstić information content (AvgIpc) is 3.37. The minimum absolute atomic E-state index is 0.109. The van der Waals surface area contributed by atoms with Crippen LogP contribution >= 0.6 is 15.9 Å². The molecule has 6 rings (SSSR count). The molecule has 1 aromatic carbocycles. The first-order valence-electron chi connectivity index (χ1n) is 13.3. The van der Waals surface area contributed by atoms with Gasteiger partial charge in [-0.05, 0) is 80.9 Å². The molecule has 1 amide bonds. The molecular weight excluding hydrogens is 548 g/mol. The van der Waals surface area contributed by atoms with Gasteiger partial charge in [-0.15, -0.1) is 0 Å². The molecule has 1 spiro atoms. The number of ether oxygens (including phenoxy) is 2. The Balaban J connectivity index is 1.25. The number of carbonyl (C=O) groups is 1. The van der Waals surface area contributed by atoms with Crippen LogP contribution in [0.5, 0.6) is 0 Å². The highest BCUT2D eigenvalue weighted by Crippen LogP contribution is 2.56. The number of nitriles is 1. The first-order valence-corrected chi connectivity index (χ1v) is 14.1. The van der Waals surface area contributed by atoms with Gasteiger partial charge in [-0.25, -0.2) is 14.5 Å². The number of imidazole rings is 1. The molecule has 1 unspecified atom stereocenters. The van der Waals surface area contributed by atoms with Crippen molar-refractivity contribution in [2.75, 3.05) is 19.7 Å². The summed E-state index contributed by atoms with van der Waals surface area (Å²) in [4.78, 5) is 19.1. The molecule has 0 radical (unpaired) electrons. The molecule has 1 atom stereocenters. The van der Waals surface area contributed by atoms with Gasteiger partial charge in [-0.1, -0.05) is 0 Å². The molecule has 1 saturated carbocycles. The second kappa shape index (κ2) is 9.09. The van der Waals surface area contributed by atoms with Gasteiger partial charge in [0.1, 0.15) is 16.0 Å². The highest BCUT2D eigenvalue weighted by atomic mass is 79.9. The molecule has 0 bridgehead atoms. The van der Waals surface area contributed by atoms with E-state index in [4.69, 9.17) is 14.5 Å². The Morgan fingerprint density at radius 3 is 2.68 bits per heavy atom. The molecule has 3 aromatic rings. The molecule has 4 heterocycles. The molecule has 3 aliphatic rings. The minimum Gasteiger partial charge on any atom is -0.444 e. The Bertz CT molecular complexity index is 1440. The van der Waals surface area contributed by atoms with Gasteiger partial charge in [0, 0.05) is 49.0 Å². The van der Waals surface area contributed by atoms with E-state index in [0.717, 1.165) is 84.4 Å². The van der Waals surface area contributed by atoms with Gasteiger partial charge in [0.15, 0.2) is 6.23 Å². The number of hydrogen-bond acceptors (Lipinski definition) is 6. The molecule has 2 aliphatic heterocycles. The topological polar surface area (TPSA) is 98.2 Å². The lowest BCUT2D eigenvalue weighted by Crippen LogP contribution is -2.63. The zero-order valence-corrected chi connectivity index (χ0v) is 23.9. The highest BCUT2D eigenvalue weighted by molar-refractivity contribution is 9.10. The molecule has 0 N–H and O–H groups in total. The monoisotopic (exact) mass is 580 g/mol. The van der Waals surface area contributed by atoms with Gasteiger partial charge in [-0.3, -0.25) is 0 Å². The third kappa shape index (κ3) is 4.30. The fourth-order valence-electron chi connectivity index (χ4n) is 6.34. The van der Waals surface area contributed by atoms with E-state index in [1.165, 1.54) is 0 Å². The number of rotatable bonds is 3. The number of benzene rings is 1. The van der Waals surface area contributed by atoms with Crippen LogP contribution in [0.1, 0.15) is 76.4 Å². The summed E-state index contributed by atoms with van der Waals surface area (Å²) in [6, 6.07) is 6.15. The summed E-state index contributed by atoms with van der Waals surface area (Å²) in [6.45, 7) is 7.89. The SMILES string of the molecule is Cn1c(C2CC3(C2)CN(C(=O)OC(C)(C)C)C3)nc(Br)c1-c1cc(C#N)cc2c1cnn2C1CCCCO1. The van der Waals surface area contributed by atoms with Crippen molar-refractivity contribution in [2.24, 2.45) is 12.5 Å². The predicted octanol–water partition coefficient (Wildman–Crippen LogP) is 5.88. The normalized spacial score (nSPS) is 21.3. The van der Waals surface area contributed by atoms with Crippen LogP contribution in [-0.4, -0.2) is 55.6 Å². The lowest BCUT2D eigenvalue weighted by molar-refractivity contribution is -0.0801. The molecule has 10 heteroatoms. The van der Waals surface area contributed by atoms with Crippen molar-refractivity contribution in [3.05, 3.63) is 34.3 Å². The Morgan fingerprint density at radius 1 is 1.26 bits per heavy atom. The molecular formula is C28H33BrN6O3. The number of carbonyl (C=O) groups excluding carboxylic acids is 1.